The Morgan fingerprint density at radius 1 is 1.22 bits per heavy atom. The van der Waals surface area contributed by atoms with Crippen molar-refractivity contribution in [1.29, 1.82) is 0 Å². The van der Waals surface area contributed by atoms with Crippen LogP contribution < -0.4 is 5.32 Å². The third kappa shape index (κ3) is 3.42. The Labute approximate surface area is 108 Å². The van der Waals surface area contributed by atoms with E-state index in [1.54, 1.807) is 0 Å². The average molecular weight is 248 g/mol. The van der Waals surface area contributed by atoms with Gasteiger partial charge >= 0.3 is 0 Å². The maximum absolute atomic E-state index is 11.9. The minimum Gasteiger partial charge on any atom is -0.345 e. The van der Waals surface area contributed by atoms with Crippen molar-refractivity contribution in [3.8, 4) is 0 Å². The third-order valence-corrected chi connectivity index (χ3v) is 3.09. The fourth-order valence-corrected chi connectivity index (χ4v) is 2.21. The highest BCUT2D eigenvalue weighted by Crippen LogP contribution is 2.09. The Bertz CT molecular complexity index is 407. The quantitative estimate of drug-likeness (QED) is 0.881. The van der Waals surface area contributed by atoms with E-state index in [0.717, 1.165) is 37.3 Å². The number of anilines is 1. The van der Waals surface area contributed by atoms with E-state index in [9.17, 15) is 4.79 Å². The number of hydrogen-bond acceptors (Lipinski definition) is 4. The second-order valence-electron chi connectivity index (χ2n) is 4.77. The maximum Gasteiger partial charge on any atom is 0.241 e. The normalized spacial score (nSPS) is 15.6. The van der Waals surface area contributed by atoms with Crippen molar-refractivity contribution in [2.24, 2.45) is 0 Å². The van der Waals surface area contributed by atoms with E-state index in [2.05, 4.69) is 15.3 Å². The molecule has 0 spiro atoms. The Balaban J connectivity index is 1.88. The summed E-state index contributed by atoms with van der Waals surface area (Å²) in [6, 6.07) is 1.91. The number of carbonyl (C=O) groups excluding carboxylic acids is 1. The van der Waals surface area contributed by atoms with Gasteiger partial charge in [0, 0.05) is 24.5 Å². The summed E-state index contributed by atoms with van der Waals surface area (Å²) in [5.74, 6) is 0.676. The number of nitrogens with one attached hydrogen (secondary N) is 1. The molecule has 0 aliphatic carbocycles. The molecule has 1 aromatic heterocycles. The molecule has 0 unspecified atom stereocenters. The molecule has 0 saturated carbocycles. The summed E-state index contributed by atoms with van der Waals surface area (Å²) in [6.07, 6.45) is 3.47. The first-order valence-corrected chi connectivity index (χ1v) is 6.49. The molecule has 1 aliphatic heterocycles. The zero-order valence-electron chi connectivity index (χ0n) is 11.1. The van der Waals surface area contributed by atoms with Crippen LogP contribution in [0.3, 0.4) is 0 Å². The number of piperidine rings is 1. The molecule has 0 radical (unpaired) electrons. The van der Waals surface area contributed by atoms with Gasteiger partial charge in [-0.25, -0.2) is 9.97 Å². The number of carbonyl (C=O) groups is 1. The van der Waals surface area contributed by atoms with Crippen LogP contribution in [0.4, 0.5) is 5.95 Å². The van der Waals surface area contributed by atoms with Crippen LogP contribution in [0.25, 0.3) is 0 Å². The van der Waals surface area contributed by atoms with Crippen molar-refractivity contribution in [2.75, 3.05) is 25.0 Å². The molecule has 1 aliphatic rings. The molecule has 18 heavy (non-hydrogen) atoms. The molecule has 0 bridgehead atoms. The van der Waals surface area contributed by atoms with E-state index >= 15 is 0 Å². The lowest BCUT2D eigenvalue weighted by Crippen LogP contribution is -2.39. The predicted octanol–water partition coefficient (Wildman–Crippen LogP) is 1.52. The molecule has 1 fully saturated rings. The molecule has 1 amide bonds. The summed E-state index contributed by atoms with van der Waals surface area (Å²) in [5.41, 5.74) is 1.82. The molecule has 0 atom stereocenters. The topological polar surface area (TPSA) is 58.1 Å². The van der Waals surface area contributed by atoms with Crippen LogP contribution in [0, 0.1) is 13.8 Å². The molecule has 5 heteroatoms. The summed E-state index contributed by atoms with van der Waals surface area (Å²) in [6.45, 7) is 5.89. The molecule has 98 valence electrons. The maximum atomic E-state index is 11.9. The molecule has 1 aromatic rings. The number of aromatic nitrogens is 2. The highest BCUT2D eigenvalue weighted by molar-refractivity contribution is 5.80. The van der Waals surface area contributed by atoms with Gasteiger partial charge in [-0.3, -0.25) is 4.79 Å². The van der Waals surface area contributed by atoms with Gasteiger partial charge < -0.3 is 10.2 Å². The highest BCUT2D eigenvalue weighted by atomic mass is 16.2. The molecule has 2 rings (SSSR count). The van der Waals surface area contributed by atoms with Crippen LogP contribution in [0.15, 0.2) is 6.07 Å². The van der Waals surface area contributed by atoms with E-state index in [4.69, 9.17) is 0 Å². The first-order chi connectivity index (χ1) is 8.65. The fraction of sp³-hybridized carbons (Fsp3) is 0.615. The number of nitrogens with zero attached hydrogens (tertiary/aromatic N) is 3. The number of aryl methyl sites for hydroxylation is 2. The van der Waals surface area contributed by atoms with E-state index < -0.39 is 0 Å². The molecular formula is C13H20N4O. The minimum absolute atomic E-state index is 0.137. The summed E-state index contributed by atoms with van der Waals surface area (Å²) >= 11 is 0. The number of hydrogen-bond donors (Lipinski definition) is 1. The average Bonchev–Trinajstić information content (AvgIpc) is 2.36. The predicted molar refractivity (Wildman–Crippen MR) is 70.4 cm³/mol. The van der Waals surface area contributed by atoms with E-state index in [1.165, 1.54) is 6.42 Å². The van der Waals surface area contributed by atoms with Crippen LogP contribution >= 0.6 is 0 Å². The largest absolute Gasteiger partial charge is 0.345 e. The van der Waals surface area contributed by atoms with Crippen molar-refractivity contribution in [2.45, 2.75) is 33.1 Å². The summed E-state index contributed by atoms with van der Waals surface area (Å²) in [7, 11) is 0. The van der Waals surface area contributed by atoms with Crippen molar-refractivity contribution in [1.82, 2.24) is 14.9 Å². The van der Waals surface area contributed by atoms with Gasteiger partial charge in [0.05, 0.1) is 6.54 Å². The second kappa shape index (κ2) is 5.80. The molecule has 1 N–H and O–H groups in total. The third-order valence-electron chi connectivity index (χ3n) is 3.09. The lowest BCUT2D eigenvalue weighted by Gasteiger charge is -2.26. The molecular weight excluding hydrogens is 228 g/mol. The van der Waals surface area contributed by atoms with Gasteiger partial charge in [-0.1, -0.05) is 0 Å². The molecule has 5 nitrogen and oxygen atoms in total. The van der Waals surface area contributed by atoms with Crippen LogP contribution in [0.2, 0.25) is 0 Å². The summed E-state index contributed by atoms with van der Waals surface area (Å²) in [4.78, 5) is 22.4. The molecule has 1 saturated heterocycles. The Morgan fingerprint density at radius 2 is 1.83 bits per heavy atom. The van der Waals surface area contributed by atoms with Crippen LogP contribution in [0.1, 0.15) is 30.7 Å². The summed E-state index contributed by atoms with van der Waals surface area (Å²) in [5, 5.41) is 3.01. The molecule has 2 heterocycles. The first-order valence-electron chi connectivity index (χ1n) is 6.49. The van der Waals surface area contributed by atoms with Crippen molar-refractivity contribution in [3.05, 3.63) is 17.5 Å². The van der Waals surface area contributed by atoms with E-state index in [0.29, 0.717) is 5.95 Å². The monoisotopic (exact) mass is 248 g/mol. The van der Waals surface area contributed by atoms with Gasteiger partial charge in [0.1, 0.15) is 0 Å². The van der Waals surface area contributed by atoms with Gasteiger partial charge in [0.2, 0.25) is 11.9 Å². The SMILES string of the molecule is Cc1cc(C)nc(NCC(=O)N2CCCCC2)n1. The van der Waals surface area contributed by atoms with Crippen LogP contribution in [0.5, 0.6) is 0 Å². The van der Waals surface area contributed by atoms with Gasteiger partial charge in [-0.2, -0.15) is 0 Å². The van der Waals surface area contributed by atoms with Gasteiger partial charge in [0.25, 0.3) is 0 Å². The number of rotatable bonds is 3. The zero-order chi connectivity index (χ0) is 13.0. The summed E-state index contributed by atoms with van der Waals surface area (Å²) < 4.78 is 0. The smallest absolute Gasteiger partial charge is 0.241 e. The second-order valence-corrected chi connectivity index (χ2v) is 4.77. The number of amides is 1. The fourth-order valence-electron chi connectivity index (χ4n) is 2.21. The van der Waals surface area contributed by atoms with Crippen LogP contribution in [-0.2, 0) is 4.79 Å². The standard InChI is InChI=1S/C13H20N4O/c1-10-8-11(2)16-13(15-10)14-9-12(18)17-6-4-3-5-7-17/h8H,3-7,9H2,1-2H3,(H,14,15,16). The van der Waals surface area contributed by atoms with Gasteiger partial charge in [-0.15, -0.1) is 0 Å². The lowest BCUT2D eigenvalue weighted by atomic mass is 10.1. The number of likely N-dealkylation sites (tertiary alicyclic amines) is 1. The Morgan fingerprint density at radius 3 is 2.44 bits per heavy atom. The van der Waals surface area contributed by atoms with Crippen molar-refractivity contribution < 1.29 is 4.79 Å². The zero-order valence-corrected chi connectivity index (χ0v) is 11.1. The van der Waals surface area contributed by atoms with Crippen molar-refractivity contribution >= 4 is 11.9 Å². The van der Waals surface area contributed by atoms with Crippen molar-refractivity contribution in [3.63, 3.8) is 0 Å². The van der Waals surface area contributed by atoms with Gasteiger partial charge in [-0.05, 0) is 39.2 Å². The minimum atomic E-state index is 0.137. The van der Waals surface area contributed by atoms with E-state index in [-0.39, 0.29) is 12.5 Å². The Kier molecular flexibility index (Phi) is 4.12. The molecule has 0 aromatic carbocycles. The van der Waals surface area contributed by atoms with E-state index in [1.807, 2.05) is 24.8 Å². The lowest BCUT2D eigenvalue weighted by molar-refractivity contribution is -0.130. The first kappa shape index (κ1) is 12.8. The van der Waals surface area contributed by atoms with Gasteiger partial charge in [0.15, 0.2) is 0 Å². The Hall–Kier alpha value is -1.65. The highest BCUT2D eigenvalue weighted by Gasteiger charge is 2.16. The van der Waals surface area contributed by atoms with Crippen LogP contribution in [-0.4, -0.2) is 40.4 Å².